The minimum atomic E-state index is -0.120. The van der Waals surface area contributed by atoms with Gasteiger partial charge in [-0.25, -0.2) is 4.79 Å². The lowest BCUT2D eigenvalue weighted by molar-refractivity contribution is 0.190. The molecular weight excluding hydrogens is 306 g/mol. The van der Waals surface area contributed by atoms with E-state index in [-0.39, 0.29) is 12.1 Å². The van der Waals surface area contributed by atoms with E-state index in [1.54, 1.807) is 11.9 Å². The van der Waals surface area contributed by atoms with Gasteiger partial charge in [0.25, 0.3) is 0 Å². The summed E-state index contributed by atoms with van der Waals surface area (Å²) in [6.45, 7) is 1.90. The van der Waals surface area contributed by atoms with Gasteiger partial charge < -0.3 is 19.5 Å². The highest BCUT2D eigenvalue weighted by Gasteiger charge is 2.24. The van der Waals surface area contributed by atoms with Crippen LogP contribution >= 0.6 is 0 Å². The maximum absolute atomic E-state index is 12.3. The number of carbonyl (C=O) groups excluding carboxylic acids is 1. The Labute approximate surface area is 140 Å². The molecule has 7 heteroatoms. The first kappa shape index (κ1) is 15.0. The first-order valence-corrected chi connectivity index (χ1v) is 8.35. The number of rotatable bonds is 4. The van der Waals surface area contributed by atoms with Crippen LogP contribution < -0.4 is 10.1 Å². The van der Waals surface area contributed by atoms with Gasteiger partial charge in [0, 0.05) is 26.4 Å². The molecule has 4 rings (SSSR count). The lowest BCUT2D eigenvalue weighted by atomic mass is 10.1. The monoisotopic (exact) mass is 327 g/mol. The zero-order valence-electron chi connectivity index (χ0n) is 13.7. The van der Waals surface area contributed by atoms with Crippen molar-refractivity contribution < 1.29 is 9.53 Å². The number of fused-ring (bicyclic) bond motifs is 2. The molecule has 0 bridgehead atoms. The van der Waals surface area contributed by atoms with Crippen LogP contribution in [0.2, 0.25) is 0 Å². The largest absolute Gasteiger partial charge is 0.488 e. The van der Waals surface area contributed by atoms with Crippen LogP contribution in [0, 0.1) is 0 Å². The highest BCUT2D eigenvalue weighted by Crippen LogP contribution is 2.27. The third kappa shape index (κ3) is 2.81. The number of aromatic nitrogens is 3. The standard InChI is InChI=1S/C17H21N5O2/c1-21(11-16-20-19-15-7-4-8-22(15)16)17(23)18-10-13-9-12-5-2-3-6-14(12)24-13/h2-3,5-6,13H,4,7-11H2,1H3,(H,18,23). The second-order valence-electron chi connectivity index (χ2n) is 6.38. The summed E-state index contributed by atoms with van der Waals surface area (Å²) in [6.07, 6.45) is 2.91. The average Bonchev–Trinajstić information content (AvgIpc) is 3.28. The van der Waals surface area contributed by atoms with Crippen molar-refractivity contribution in [2.45, 2.75) is 38.5 Å². The van der Waals surface area contributed by atoms with Gasteiger partial charge in [-0.2, -0.15) is 0 Å². The van der Waals surface area contributed by atoms with Gasteiger partial charge in [0.2, 0.25) is 0 Å². The van der Waals surface area contributed by atoms with Crippen LogP contribution in [0.15, 0.2) is 24.3 Å². The molecule has 0 saturated carbocycles. The summed E-state index contributed by atoms with van der Waals surface area (Å²) in [6, 6.07) is 7.88. The molecule has 2 aromatic rings. The summed E-state index contributed by atoms with van der Waals surface area (Å²) in [5.74, 6) is 2.80. The first-order valence-electron chi connectivity index (χ1n) is 8.35. The van der Waals surface area contributed by atoms with Gasteiger partial charge >= 0.3 is 6.03 Å². The van der Waals surface area contributed by atoms with Gasteiger partial charge in [-0.05, 0) is 18.1 Å². The van der Waals surface area contributed by atoms with Crippen LogP contribution in [0.25, 0.3) is 0 Å². The summed E-state index contributed by atoms with van der Waals surface area (Å²) in [4.78, 5) is 13.9. The SMILES string of the molecule is CN(Cc1nnc2n1CCC2)C(=O)NCC1Cc2ccccc2O1. The molecule has 0 saturated heterocycles. The average molecular weight is 327 g/mol. The molecule has 2 aliphatic heterocycles. The lowest BCUT2D eigenvalue weighted by Gasteiger charge is -2.19. The van der Waals surface area contributed by atoms with Crippen molar-refractivity contribution >= 4 is 6.03 Å². The van der Waals surface area contributed by atoms with Gasteiger partial charge in [0.15, 0.2) is 5.82 Å². The molecule has 126 valence electrons. The molecule has 1 atom stereocenters. The van der Waals surface area contributed by atoms with E-state index in [1.807, 2.05) is 18.2 Å². The Morgan fingerprint density at radius 2 is 2.29 bits per heavy atom. The van der Waals surface area contributed by atoms with Gasteiger partial charge in [-0.3, -0.25) is 0 Å². The number of carbonyl (C=O) groups is 1. The number of aryl methyl sites for hydroxylation is 1. The Kier molecular flexibility index (Phi) is 3.84. The second-order valence-corrected chi connectivity index (χ2v) is 6.38. The van der Waals surface area contributed by atoms with Gasteiger partial charge in [0.05, 0.1) is 13.1 Å². The zero-order valence-corrected chi connectivity index (χ0v) is 13.7. The van der Waals surface area contributed by atoms with Crippen molar-refractivity contribution in [1.29, 1.82) is 0 Å². The minimum Gasteiger partial charge on any atom is -0.488 e. The van der Waals surface area contributed by atoms with E-state index < -0.39 is 0 Å². The van der Waals surface area contributed by atoms with Crippen molar-refractivity contribution in [3.63, 3.8) is 0 Å². The van der Waals surface area contributed by atoms with E-state index in [4.69, 9.17) is 4.74 Å². The fourth-order valence-electron chi connectivity index (χ4n) is 3.32. The number of nitrogens with zero attached hydrogens (tertiary/aromatic N) is 4. The Hall–Kier alpha value is -2.57. The fourth-order valence-corrected chi connectivity index (χ4v) is 3.32. The molecule has 1 unspecified atom stereocenters. The smallest absolute Gasteiger partial charge is 0.317 e. The molecular formula is C17H21N5O2. The molecule has 0 radical (unpaired) electrons. The molecule has 1 aromatic heterocycles. The molecule has 3 heterocycles. The second kappa shape index (κ2) is 6.14. The Morgan fingerprint density at radius 1 is 1.42 bits per heavy atom. The maximum atomic E-state index is 12.3. The molecule has 2 amide bonds. The number of benzene rings is 1. The van der Waals surface area contributed by atoms with Crippen molar-refractivity contribution in [2.24, 2.45) is 0 Å². The maximum Gasteiger partial charge on any atom is 0.317 e. The quantitative estimate of drug-likeness (QED) is 0.920. The number of amides is 2. The van der Waals surface area contributed by atoms with Crippen LogP contribution in [0.4, 0.5) is 4.79 Å². The van der Waals surface area contributed by atoms with Gasteiger partial charge in [-0.15, -0.1) is 10.2 Å². The van der Waals surface area contributed by atoms with Gasteiger partial charge in [0.1, 0.15) is 17.7 Å². The highest BCUT2D eigenvalue weighted by atomic mass is 16.5. The van der Waals surface area contributed by atoms with E-state index in [0.29, 0.717) is 13.1 Å². The molecule has 1 aromatic carbocycles. The zero-order chi connectivity index (χ0) is 16.5. The van der Waals surface area contributed by atoms with Crippen LogP contribution in [0.5, 0.6) is 5.75 Å². The van der Waals surface area contributed by atoms with E-state index in [2.05, 4.69) is 26.1 Å². The van der Waals surface area contributed by atoms with E-state index >= 15 is 0 Å². The highest BCUT2D eigenvalue weighted by molar-refractivity contribution is 5.73. The number of hydrogen-bond acceptors (Lipinski definition) is 4. The Morgan fingerprint density at radius 3 is 3.17 bits per heavy atom. The van der Waals surface area contributed by atoms with Crippen LogP contribution in [0.3, 0.4) is 0 Å². The molecule has 0 fully saturated rings. The van der Waals surface area contributed by atoms with E-state index in [9.17, 15) is 4.79 Å². The summed E-state index contributed by atoms with van der Waals surface area (Å²) < 4.78 is 7.96. The topological polar surface area (TPSA) is 72.3 Å². The number of ether oxygens (including phenoxy) is 1. The predicted octanol–water partition coefficient (Wildman–Crippen LogP) is 1.37. The summed E-state index contributed by atoms with van der Waals surface area (Å²) >= 11 is 0. The normalized spacial score (nSPS) is 18.0. The summed E-state index contributed by atoms with van der Waals surface area (Å²) in [7, 11) is 1.77. The van der Waals surface area contributed by atoms with Crippen LogP contribution in [0.1, 0.15) is 23.6 Å². The number of urea groups is 1. The third-order valence-electron chi connectivity index (χ3n) is 4.61. The molecule has 1 N–H and O–H groups in total. The van der Waals surface area contributed by atoms with Crippen molar-refractivity contribution in [1.82, 2.24) is 25.0 Å². The Bertz CT molecular complexity index is 732. The molecule has 24 heavy (non-hydrogen) atoms. The molecule has 2 aliphatic rings. The Balaban J connectivity index is 1.29. The van der Waals surface area contributed by atoms with E-state index in [0.717, 1.165) is 43.2 Å². The third-order valence-corrected chi connectivity index (χ3v) is 4.61. The summed E-state index contributed by atoms with van der Waals surface area (Å²) in [5, 5.41) is 11.3. The molecule has 7 nitrogen and oxygen atoms in total. The molecule has 0 aliphatic carbocycles. The number of hydrogen-bond donors (Lipinski definition) is 1. The van der Waals surface area contributed by atoms with Gasteiger partial charge in [-0.1, -0.05) is 18.2 Å². The first-order chi connectivity index (χ1) is 11.7. The van der Waals surface area contributed by atoms with Crippen molar-refractivity contribution in [2.75, 3.05) is 13.6 Å². The van der Waals surface area contributed by atoms with Crippen LogP contribution in [-0.2, 0) is 25.9 Å². The lowest BCUT2D eigenvalue weighted by Crippen LogP contribution is -2.42. The van der Waals surface area contributed by atoms with E-state index in [1.165, 1.54) is 5.56 Å². The fraction of sp³-hybridized carbons (Fsp3) is 0.471. The van der Waals surface area contributed by atoms with Crippen molar-refractivity contribution in [3.8, 4) is 5.75 Å². The summed E-state index contributed by atoms with van der Waals surface area (Å²) in [5.41, 5.74) is 1.20. The molecule has 0 spiro atoms. The minimum absolute atomic E-state index is 0.00270. The number of nitrogens with one attached hydrogen (secondary N) is 1. The van der Waals surface area contributed by atoms with Crippen LogP contribution in [-0.4, -0.2) is 45.4 Å². The predicted molar refractivity (Wildman–Crippen MR) is 87.8 cm³/mol. The number of para-hydroxylation sites is 1. The van der Waals surface area contributed by atoms with Crippen molar-refractivity contribution in [3.05, 3.63) is 41.5 Å².